The van der Waals surface area contributed by atoms with E-state index in [2.05, 4.69) is 29.0 Å². The summed E-state index contributed by atoms with van der Waals surface area (Å²) in [5.41, 5.74) is 0. The van der Waals surface area contributed by atoms with Crippen molar-refractivity contribution in [2.24, 2.45) is 0 Å². The molecule has 2 nitrogen and oxygen atoms in total. The molecule has 1 saturated heterocycles. The molecule has 1 heterocycles. The lowest BCUT2D eigenvalue weighted by Gasteiger charge is -2.17. The first kappa shape index (κ1) is 18.2. The number of nitrogens with one attached hydrogen (secondary N) is 1. The predicted octanol–water partition coefficient (Wildman–Crippen LogP) is 2.27. The molecule has 1 fully saturated rings. The van der Waals surface area contributed by atoms with Gasteiger partial charge in [0, 0.05) is 0 Å². The minimum Gasteiger partial charge on any atom is -0.317 e. The van der Waals surface area contributed by atoms with Gasteiger partial charge in [0.2, 0.25) is 0 Å². The van der Waals surface area contributed by atoms with Crippen molar-refractivity contribution >= 4 is 36.6 Å². The van der Waals surface area contributed by atoms with E-state index in [4.69, 9.17) is 0 Å². The third kappa shape index (κ3) is 11.1. The molecule has 0 bridgehead atoms. The summed E-state index contributed by atoms with van der Waals surface area (Å²) < 4.78 is 0. The second kappa shape index (κ2) is 12.9. The monoisotopic (exact) mass is 274 g/mol. The van der Waals surface area contributed by atoms with Gasteiger partial charge in [0.05, 0.1) is 0 Å². The third-order valence-electron chi connectivity index (χ3n) is 2.36. The second-order valence-electron chi connectivity index (χ2n) is 3.73. The molecular formula is C10H24Cl2N2S. The molecule has 0 saturated carbocycles. The maximum Gasteiger partial charge on any atom is -0.000968 e. The zero-order valence-corrected chi connectivity index (χ0v) is 12.0. The molecule has 0 spiro atoms. The average Bonchev–Trinajstić information content (AvgIpc) is 2.11. The van der Waals surface area contributed by atoms with Crippen LogP contribution < -0.4 is 5.32 Å². The molecule has 0 unspecified atom stereocenters. The van der Waals surface area contributed by atoms with Gasteiger partial charge in [0.25, 0.3) is 0 Å². The molecule has 0 radical (unpaired) electrons. The molecule has 0 aromatic carbocycles. The smallest absolute Gasteiger partial charge is 0.000968 e. The Labute approximate surface area is 111 Å². The van der Waals surface area contributed by atoms with E-state index in [-0.39, 0.29) is 24.8 Å². The first-order valence-corrected chi connectivity index (χ1v) is 6.52. The lowest BCUT2D eigenvalue weighted by Crippen LogP contribution is -2.26. The summed E-state index contributed by atoms with van der Waals surface area (Å²) in [6, 6.07) is 0. The van der Waals surface area contributed by atoms with Crippen LogP contribution >= 0.6 is 36.6 Å². The van der Waals surface area contributed by atoms with Crippen molar-refractivity contribution in [2.45, 2.75) is 19.3 Å². The van der Waals surface area contributed by atoms with Crippen molar-refractivity contribution in [3.63, 3.8) is 0 Å². The van der Waals surface area contributed by atoms with Crippen LogP contribution in [0.2, 0.25) is 0 Å². The molecule has 5 heteroatoms. The van der Waals surface area contributed by atoms with Gasteiger partial charge in [0.1, 0.15) is 0 Å². The van der Waals surface area contributed by atoms with Gasteiger partial charge in [-0.2, -0.15) is 11.8 Å². The Hall–Kier alpha value is 0.850. The van der Waals surface area contributed by atoms with Gasteiger partial charge < -0.3 is 10.2 Å². The molecule has 1 N–H and O–H groups in total. The Morgan fingerprint density at radius 1 is 0.933 bits per heavy atom. The quantitative estimate of drug-likeness (QED) is 0.730. The van der Waals surface area contributed by atoms with Gasteiger partial charge in [0.15, 0.2) is 0 Å². The van der Waals surface area contributed by atoms with Gasteiger partial charge in [-0.15, -0.1) is 24.8 Å². The van der Waals surface area contributed by atoms with Crippen LogP contribution in [0.4, 0.5) is 0 Å². The Morgan fingerprint density at radius 3 is 2.33 bits per heavy atom. The molecule has 1 aliphatic rings. The zero-order chi connectivity index (χ0) is 9.36. The summed E-state index contributed by atoms with van der Waals surface area (Å²) in [5, 5.41) is 3.48. The highest BCUT2D eigenvalue weighted by molar-refractivity contribution is 7.99. The first-order valence-electron chi connectivity index (χ1n) is 5.36. The minimum absolute atomic E-state index is 0. The van der Waals surface area contributed by atoms with Crippen LogP contribution in [-0.2, 0) is 0 Å². The lowest BCUT2D eigenvalue weighted by atomic mass is 10.3. The van der Waals surface area contributed by atoms with Crippen molar-refractivity contribution in [1.82, 2.24) is 10.2 Å². The van der Waals surface area contributed by atoms with E-state index in [1.165, 1.54) is 56.9 Å². The van der Waals surface area contributed by atoms with Crippen molar-refractivity contribution in [2.75, 3.05) is 44.7 Å². The largest absolute Gasteiger partial charge is 0.317 e. The molecular weight excluding hydrogens is 251 g/mol. The van der Waals surface area contributed by atoms with Crippen molar-refractivity contribution in [3.8, 4) is 0 Å². The van der Waals surface area contributed by atoms with Crippen LogP contribution in [0.1, 0.15) is 19.3 Å². The number of halogens is 2. The Kier molecular flexibility index (Phi) is 15.7. The highest BCUT2D eigenvalue weighted by Crippen LogP contribution is 2.05. The number of thioether (sulfide) groups is 1. The molecule has 0 aromatic rings. The maximum atomic E-state index is 3.48. The van der Waals surface area contributed by atoms with E-state index in [0.29, 0.717) is 0 Å². The van der Waals surface area contributed by atoms with Gasteiger partial charge in [-0.3, -0.25) is 0 Å². The Balaban J connectivity index is 0. The highest BCUT2D eigenvalue weighted by atomic mass is 35.5. The van der Waals surface area contributed by atoms with Crippen LogP contribution in [0.15, 0.2) is 0 Å². The SMILES string of the molecule is CN1CCCNCCCSCCC1.Cl.Cl. The second-order valence-corrected chi connectivity index (χ2v) is 4.95. The van der Waals surface area contributed by atoms with Crippen LogP contribution in [-0.4, -0.2) is 49.6 Å². The van der Waals surface area contributed by atoms with E-state index in [1.54, 1.807) is 0 Å². The van der Waals surface area contributed by atoms with Gasteiger partial charge in [-0.05, 0) is 64.0 Å². The van der Waals surface area contributed by atoms with Crippen LogP contribution in [0.5, 0.6) is 0 Å². The average molecular weight is 275 g/mol. The van der Waals surface area contributed by atoms with Crippen LogP contribution in [0, 0.1) is 0 Å². The van der Waals surface area contributed by atoms with Crippen molar-refractivity contribution < 1.29 is 0 Å². The summed E-state index contributed by atoms with van der Waals surface area (Å²) in [4.78, 5) is 2.45. The molecule has 0 aliphatic carbocycles. The molecule has 94 valence electrons. The Bertz CT molecular complexity index is 116. The Morgan fingerprint density at radius 2 is 1.53 bits per heavy atom. The fraction of sp³-hybridized carbons (Fsp3) is 1.00. The highest BCUT2D eigenvalue weighted by Gasteiger charge is 1.99. The van der Waals surface area contributed by atoms with Crippen molar-refractivity contribution in [1.29, 1.82) is 0 Å². The van der Waals surface area contributed by atoms with Gasteiger partial charge in [-0.25, -0.2) is 0 Å². The molecule has 0 atom stereocenters. The van der Waals surface area contributed by atoms with Gasteiger partial charge in [-0.1, -0.05) is 0 Å². The normalized spacial score (nSPS) is 21.4. The minimum atomic E-state index is 0. The number of hydrogen-bond donors (Lipinski definition) is 1. The van der Waals surface area contributed by atoms with E-state index in [1.807, 2.05) is 0 Å². The number of nitrogens with zero attached hydrogens (tertiary/aromatic N) is 1. The third-order valence-corrected chi connectivity index (χ3v) is 3.52. The van der Waals surface area contributed by atoms with E-state index in [9.17, 15) is 0 Å². The number of hydrogen-bond acceptors (Lipinski definition) is 3. The van der Waals surface area contributed by atoms with E-state index < -0.39 is 0 Å². The predicted molar refractivity (Wildman–Crippen MR) is 76.0 cm³/mol. The molecule has 1 aliphatic heterocycles. The summed E-state index contributed by atoms with van der Waals surface area (Å²) in [7, 11) is 2.23. The molecule has 0 amide bonds. The summed E-state index contributed by atoms with van der Waals surface area (Å²) in [5.74, 6) is 2.67. The summed E-state index contributed by atoms with van der Waals surface area (Å²) in [6.45, 7) is 4.91. The maximum absolute atomic E-state index is 3.48. The standard InChI is InChI=1S/C10H22N2S.2ClH/c1-12-7-2-5-11-6-3-9-13-10-4-8-12;;/h11H,2-10H2,1H3;2*1H. The fourth-order valence-corrected chi connectivity index (χ4v) is 2.43. The van der Waals surface area contributed by atoms with E-state index in [0.717, 1.165) is 0 Å². The summed E-state index contributed by atoms with van der Waals surface area (Å²) in [6.07, 6.45) is 3.98. The topological polar surface area (TPSA) is 15.3 Å². The molecule has 15 heavy (non-hydrogen) atoms. The molecule has 1 rings (SSSR count). The first-order chi connectivity index (χ1) is 6.39. The lowest BCUT2D eigenvalue weighted by molar-refractivity contribution is 0.328. The van der Waals surface area contributed by atoms with E-state index >= 15 is 0 Å². The van der Waals surface area contributed by atoms with Crippen LogP contribution in [0.3, 0.4) is 0 Å². The number of rotatable bonds is 0. The zero-order valence-electron chi connectivity index (χ0n) is 9.54. The summed E-state index contributed by atoms with van der Waals surface area (Å²) >= 11 is 2.10. The van der Waals surface area contributed by atoms with Gasteiger partial charge >= 0.3 is 0 Å². The fourth-order valence-electron chi connectivity index (χ4n) is 1.55. The van der Waals surface area contributed by atoms with Crippen molar-refractivity contribution in [3.05, 3.63) is 0 Å². The molecule has 0 aromatic heterocycles. The van der Waals surface area contributed by atoms with Crippen LogP contribution in [0.25, 0.3) is 0 Å².